The number of anilines is 4. The smallest absolute Gasteiger partial charge is 0.152 e. The Bertz CT molecular complexity index is 1540. The van der Waals surface area contributed by atoms with Crippen LogP contribution in [0.25, 0.3) is 22.2 Å². The van der Waals surface area contributed by atoms with Crippen molar-refractivity contribution in [2.75, 3.05) is 74.8 Å². The maximum Gasteiger partial charge on any atom is 0.152 e. The minimum absolute atomic E-state index is 0.189. The first-order valence-electron chi connectivity index (χ1n) is 13.2. The molecule has 9 nitrogen and oxygen atoms in total. The predicted octanol–water partition coefficient (Wildman–Crippen LogP) is 4.70. The highest BCUT2D eigenvalue weighted by Crippen LogP contribution is 2.40. The Morgan fingerprint density at radius 2 is 1.62 bits per heavy atom. The lowest BCUT2D eigenvalue weighted by atomic mass is 10.0. The van der Waals surface area contributed by atoms with Crippen LogP contribution in [0.2, 0.25) is 0 Å². The van der Waals surface area contributed by atoms with E-state index in [2.05, 4.69) is 25.1 Å². The Hall–Kier alpha value is -4.09. The van der Waals surface area contributed by atoms with Crippen LogP contribution in [0, 0.1) is 18.6 Å². The third-order valence-corrected chi connectivity index (χ3v) is 7.27. The lowest BCUT2D eigenvalue weighted by Crippen LogP contribution is -2.38. The summed E-state index contributed by atoms with van der Waals surface area (Å²) in [6.07, 6.45) is 5.11. The lowest BCUT2D eigenvalue weighted by Gasteiger charge is -2.32. The number of hydrogen-bond acceptors (Lipinski definition) is 9. The fraction of sp³-hybridized carbons (Fsp3) is 0.345. The second kappa shape index (κ2) is 11.2. The Labute approximate surface area is 230 Å². The molecular formula is C29H30F2N6O3. The van der Waals surface area contributed by atoms with Crippen LogP contribution in [-0.4, -0.2) is 74.7 Å². The molecule has 0 atom stereocenters. The first-order valence-corrected chi connectivity index (χ1v) is 13.2. The van der Waals surface area contributed by atoms with E-state index < -0.39 is 11.6 Å². The Morgan fingerprint density at radius 3 is 2.35 bits per heavy atom. The van der Waals surface area contributed by atoms with E-state index in [0.717, 1.165) is 30.7 Å². The number of benzene rings is 1. The molecule has 0 saturated carbocycles. The lowest BCUT2D eigenvalue weighted by molar-refractivity contribution is 0.122. The molecule has 0 unspecified atom stereocenters. The number of nitrogens with zero attached hydrogens (tertiary/aromatic N) is 5. The number of nitrogens with one attached hydrogen (secondary N) is 1. The van der Waals surface area contributed by atoms with Crippen molar-refractivity contribution >= 4 is 33.8 Å². The van der Waals surface area contributed by atoms with E-state index in [1.807, 2.05) is 19.2 Å². The summed E-state index contributed by atoms with van der Waals surface area (Å²) >= 11 is 0. The summed E-state index contributed by atoms with van der Waals surface area (Å²) in [6, 6.07) is 5.95. The zero-order chi connectivity index (χ0) is 27.6. The van der Waals surface area contributed by atoms with Crippen LogP contribution in [0.3, 0.4) is 0 Å². The van der Waals surface area contributed by atoms with E-state index in [1.54, 1.807) is 25.6 Å². The molecule has 40 heavy (non-hydrogen) atoms. The molecule has 11 heteroatoms. The van der Waals surface area contributed by atoms with Crippen molar-refractivity contribution in [3.05, 3.63) is 60.1 Å². The summed E-state index contributed by atoms with van der Waals surface area (Å²) in [6.45, 7) is 7.15. The van der Waals surface area contributed by atoms with E-state index >= 15 is 4.39 Å². The number of fused-ring (bicyclic) bond motifs is 1. The number of pyridine rings is 3. The number of rotatable bonds is 6. The van der Waals surface area contributed by atoms with E-state index in [9.17, 15) is 4.39 Å². The molecule has 1 N–H and O–H groups in total. The van der Waals surface area contributed by atoms with Gasteiger partial charge in [0.15, 0.2) is 5.82 Å². The van der Waals surface area contributed by atoms with Gasteiger partial charge in [-0.3, -0.25) is 4.98 Å². The normalized spacial score (nSPS) is 15.9. The average Bonchev–Trinajstić information content (AvgIpc) is 2.99. The monoisotopic (exact) mass is 548 g/mol. The molecule has 2 aliphatic heterocycles. The highest BCUT2D eigenvalue weighted by molar-refractivity contribution is 5.99. The van der Waals surface area contributed by atoms with Gasteiger partial charge in [0, 0.05) is 50.1 Å². The third kappa shape index (κ3) is 5.09. The molecule has 5 heterocycles. The fourth-order valence-electron chi connectivity index (χ4n) is 5.20. The maximum absolute atomic E-state index is 15.5. The summed E-state index contributed by atoms with van der Waals surface area (Å²) in [5.74, 6) is -0.117. The number of methoxy groups -OCH3 is 1. The van der Waals surface area contributed by atoms with Gasteiger partial charge < -0.3 is 29.3 Å². The standard InChI is InChI=1S/C29H30F2N6O3/c1-18-27(19-11-22(38-2)17-32-15-19)34-24-13-20(30)12-23(31)26(24)28(18)35-25-14-21(36-3-7-39-8-4-36)16-33-29(25)37-5-9-40-10-6-37/h11-17H,3-10H2,1-2H3,(H,34,35). The summed E-state index contributed by atoms with van der Waals surface area (Å²) in [5.41, 5.74) is 4.20. The van der Waals surface area contributed by atoms with Crippen LogP contribution in [0.5, 0.6) is 5.75 Å². The van der Waals surface area contributed by atoms with E-state index in [1.165, 1.54) is 6.07 Å². The molecule has 1 aromatic carbocycles. The minimum Gasteiger partial charge on any atom is -0.495 e. The SMILES string of the molecule is COc1cncc(-c2nc3cc(F)cc(F)c3c(Nc3cc(N4CCOCC4)cnc3N3CCOCC3)c2C)c1. The van der Waals surface area contributed by atoms with Crippen LogP contribution < -0.4 is 19.9 Å². The summed E-state index contributed by atoms with van der Waals surface area (Å²) in [5, 5.41) is 3.70. The zero-order valence-electron chi connectivity index (χ0n) is 22.4. The van der Waals surface area contributed by atoms with Crippen LogP contribution in [0.4, 0.5) is 31.7 Å². The molecule has 208 valence electrons. The first-order chi connectivity index (χ1) is 19.5. The highest BCUT2D eigenvalue weighted by atomic mass is 19.1. The number of hydrogen-bond donors (Lipinski definition) is 1. The van der Waals surface area contributed by atoms with Crippen molar-refractivity contribution < 1.29 is 23.0 Å². The van der Waals surface area contributed by atoms with E-state index in [-0.39, 0.29) is 10.9 Å². The van der Waals surface area contributed by atoms with Gasteiger partial charge in [0.2, 0.25) is 0 Å². The van der Waals surface area contributed by atoms with Crippen LogP contribution in [-0.2, 0) is 9.47 Å². The van der Waals surface area contributed by atoms with Gasteiger partial charge in [-0.1, -0.05) is 0 Å². The summed E-state index contributed by atoms with van der Waals surface area (Å²) in [7, 11) is 1.56. The Kier molecular flexibility index (Phi) is 7.31. The zero-order valence-corrected chi connectivity index (χ0v) is 22.4. The molecule has 0 spiro atoms. The molecular weight excluding hydrogens is 518 g/mol. The third-order valence-electron chi connectivity index (χ3n) is 7.27. The number of morpholine rings is 2. The maximum atomic E-state index is 15.5. The number of aromatic nitrogens is 3. The largest absolute Gasteiger partial charge is 0.495 e. The van der Waals surface area contributed by atoms with Gasteiger partial charge in [-0.2, -0.15) is 0 Å². The summed E-state index contributed by atoms with van der Waals surface area (Å²) < 4.78 is 46.3. The molecule has 2 fully saturated rings. The van der Waals surface area contributed by atoms with Gasteiger partial charge in [-0.15, -0.1) is 0 Å². The van der Waals surface area contributed by atoms with Gasteiger partial charge in [0.1, 0.15) is 17.4 Å². The number of halogens is 2. The highest BCUT2D eigenvalue weighted by Gasteiger charge is 2.23. The molecule has 0 radical (unpaired) electrons. The topological polar surface area (TPSA) is 84.9 Å². The molecule has 2 saturated heterocycles. The number of ether oxygens (including phenoxy) is 3. The average molecular weight is 549 g/mol. The Morgan fingerprint density at radius 1 is 0.900 bits per heavy atom. The van der Waals surface area contributed by atoms with Gasteiger partial charge in [-0.25, -0.2) is 18.7 Å². The van der Waals surface area contributed by atoms with E-state index in [4.69, 9.17) is 19.2 Å². The van der Waals surface area contributed by atoms with Crippen LogP contribution in [0.15, 0.2) is 42.9 Å². The van der Waals surface area contributed by atoms with Crippen molar-refractivity contribution in [2.24, 2.45) is 0 Å². The van der Waals surface area contributed by atoms with Crippen molar-refractivity contribution in [2.45, 2.75) is 6.92 Å². The van der Waals surface area contributed by atoms with Crippen molar-refractivity contribution in [3.8, 4) is 17.0 Å². The first kappa shape index (κ1) is 26.1. The van der Waals surface area contributed by atoms with Gasteiger partial charge in [0.25, 0.3) is 0 Å². The molecule has 0 bridgehead atoms. The summed E-state index contributed by atoms with van der Waals surface area (Å²) in [4.78, 5) is 18.1. The second-order valence-corrected chi connectivity index (χ2v) is 9.74. The van der Waals surface area contributed by atoms with Gasteiger partial charge >= 0.3 is 0 Å². The van der Waals surface area contributed by atoms with E-state index in [0.29, 0.717) is 73.5 Å². The van der Waals surface area contributed by atoms with Crippen LogP contribution in [0.1, 0.15) is 5.56 Å². The molecule has 0 aliphatic carbocycles. The Balaban J connectivity index is 1.53. The molecule has 2 aliphatic rings. The van der Waals surface area contributed by atoms with Crippen molar-refractivity contribution in [3.63, 3.8) is 0 Å². The van der Waals surface area contributed by atoms with Crippen LogP contribution >= 0.6 is 0 Å². The fourth-order valence-corrected chi connectivity index (χ4v) is 5.20. The molecule has 4 aromatic rings. The van der Waals surface area contributed by atoms with Crippen molar-refractivity contribution in [1.82, 2.24) is 15.0 Å². The molecule has 0 amide bonds. The minimum atomic E-state index is -0.702. The molecule has 3 aromatic heterocycles. The molecule has 6 rings (SSSR count). The van der Waals surface area contributed by atoms with Crippen molar-refractivity contribution in [1.29, 1.82) is 0 Å². The van der Waals surface area contributed by atoms with Gasteiger partial charge in [0.05, 0.1) is 79.6 Å². The van der Waals surface area contributed by atoms with Gasteiger partial charge in [-0.05, 0) is 24.6 Å². The quantitative estimate of drug-likeness (QED) is 0.368. The predicted molar refractivity (Wildman–Crippen MR) is 150 cm³/mol. The second-order valence-electron chi connectivity index (χ2n) is 9.74.